The van der Waals surface area contributed by atoms with Crippen molar-refractivity contribution >= 4 is 5.91 Å². The van der Waals surface area contributed by atoms with E-state index in [1.54, 1.807) is 0 Å². The molecule has 1 saturated carbocycles. The smallest absolute Gasteiger partial charge is 0.239 e. The van der Waals surface area contributed by atoms with Crippen LogP contribution in [0.2, 0.25) is 0 Å². The Morgan fingerprint density at radius 1 is 1.20 bits per heavy atom. The van der Waals surface area contributed by atoms with E-state index in [0.29, 0.717) is 12.0 Å². The molecular weight excluding hydrogens is 248 g/mol. The monoisotopic (exact) mass is 272 g/mol. The van der Waals surface area contributed by atoms with Crippen LogP contribution in [0.4, 0.5) is 0 Å². The van der Waals surface area contributed by atoms with Gasteiger partial charge in [-0.15, -0.1) is 0 Å². The molecule has 3 nitrogen and oxygen atoms in total. The van der Waals surface area contributed by atoms with Crippen LogP contribution in [0.3, 0.4) is 0 Å². The molecule has 1 N–H and O–H groups in total. The van der Waals surface area contributed by atoms with E-state index in [2.05, 4.69) is 35.6 Å². The molecule has 1 aliphatic heterocycles. The van der Waals surface area contributed by atoms with Crippen molar-refractivity contribution < 1.29 is 4.79 Å². The number of carbonyl (C=O) groups is 1. The van der Waals surface area contributed by atoms with E-state index >= 15 is 0 Å². The fourth-order valence-corrected chi connectivity index (χ4v) is 3.65. The van der Waals surface area contributed by atoms with Crippen molar-refractivity contribution in [2.45, 2.75) is 44.2 Å². The number of hydrogen-bond donors (Lipinski definition) is 1. The van der Waals surface area contributed by atoms with Gasteiger partial charge in [0.2, 0.25) is 5.91 Å². The van der Waals surface area contributed by atoms with E-state index in [1.807, 2.05) is 11.9 Å². The highest BCUT2D eigenvalue weighted by atomic mass is 16.2. The Balaban J connectivity index is 1.60. The summed E-state index contributed by atoms with van der Waals surface area (Å²) in [5, 5.41) is 3.64. The number of hydrogen-bond acceptors (Lipinski definition) is 2. The first-order chi connectivity index (χ1) is 9.74. The van der Waals surface area contributed by atoms with Crippen LogP contribution in [0.25, 0.3) is 0 Å². The number of rotatable bonds is 4. The molecule has 20 heavy (non-hydrogen) atoms. The zero-order valence-corrected chi connectivity index (χ0v) is 12.2. The van der Waals surface area contributed by atoms with Gasteiger partial charge in [0.15, 0.2) is 0 Å². The topological polar surface area (TPSA) is 32.3 Å². The second kappa shape index (κ2) is 5.96. The van der Waals surface area contributed by atoms with Gasteiger partial charge in [0.1, 0.15) is 0 Å². The molecule has 0 unspecified atom stereocenters. The molecule has 108 valence electrons. The predicted octanol–water partition coefficient (Wildman–Crippen LogP) is 2.22. The third kappa shape index (κ3) is 2.88. The Labute approximate surface area is 121 Å². The third-order valence-electron chi connectivity index (χ3n) is 4.84. The molecule has 2 fully saturated rings. The summed E-state index contributed by atoms with van der Waals surface area (Å²) in [5.41, 5.74) is 1.42. The average molecular weight is 272 g/mol. The van der Waals surface area contributed by atoms with Crippen LogP contribution in [0.1, 0.15) is 31.2 Å². The van der Waals surface area contributed by atoms with Gasteiger partial charge in [-0.05, 0) is 37.2 Å². The van der Waals surface area contributed by atoms with Gasteiger partial charge in [-0.3, -0.25) is 4.79 Å². The standard InChI is InChI=1S/C17H24N2O/c1-19-11-10-16(17(19)20)18-15-9-5-8-14(15)12-13-6-3-2-4-7-13/h2-4,6-7,14-16,18H,5,8-12H2,1H3/t14-,15+,16+/m1/s1. The molecule has 3 heteroatoms. The van der Waals surface area contributed by atoms with Gasteiger partial charge in [-0.25, -0.2) is 0 Å². The van der Waals surface area contributed by atoms with Crippen LogP contribution in [-0.2, 0) is 11.2 Å². The molecule has 0 aromatic heterocycles. The quantitative estimate of drug-likeness (QED) is 0.911. The average Bonchev–Trinajstić information content (AvgIpc) is 3.02. The fourth-order valence-electron chi connectivity index (χ4n) is 3.65. The van der Waals surface area contributed by atoms with Crippen LogP contribution < -0.4 is 5.32 Å². The van der Waals surface area contributed by atoms with Crippen molar-refractivity contribution in [3.05, 3.63) is 35.9 Å². The van der Waals surface area contributed by atoms with Crippen molar-refractivity contribution in [3.8, 4) is 0 Å². The summed E-state index contributed by atoms with van der Waals surface area (Å²) < 4.78 is 0. The molecule has 1 aromatic rings. The Bertz CT molecular complexity index is 459. The maximum absolute atomic E-state index is 12.0. The number of carbonyl (C=O) groups excluding carboxylic acids is 1. The highest BCUT2D eigenvalue weighted by molar-refractivity contribution is 5.83. The van der Waals surface area contributed by atoms with Gasteiger partial charge in [-0.2, -0.15) is 0 Å². The number of nitrogens with one attached hydrogen (secondary N) is 1. The highest BCUT2D eigenvalue weighted by Gasteiger charge is 2.34. The molecule has 1 amide bonds. The first-order valence-electron chi connectivity index (χ1n) is 7.79. The lowest BCUT2D eigenvalue weighted by Gasteiger charge is -2.24. The van der Waals surface area contributed by atoms with Crippen LogP contribution in [-0.4, -0.2) is 36.5 Å². The maximum Gasteiger partial charge on any atom is 0.239 e. The number of amides is 1. The highest BCUT2D eigenvalue weighted by Crippen LogP contribution is 2.30. The maximum atomic E-state index is 12.0. The Morgan fingerprint density at radius 2 is 2.00 bits per heavy atom. The van der Waals surface area contributed by atoms with Gasteiger partial charge in [0, 0.05) is 19.6 Å². The zero-order chi connectivity index (χ0) is 13.9. The number of likely N-dealkylation sites (N-methyl/N-ethyl adjacent to an activating group) is 1. The van der Waals surface area contributed by atoms with E-state index in [-0.39, 0.29) is 11.9 Å². The third-order valence-corrected chi connectivity index (χ3v) is 4.84. The van der Waals surface area contributed by atoms with Crippen LogP contribution in [0, 0.1) is 5.92 Å². The molecule has 0 bridgehead atoms. The predicted molar refractivity (Wildman–Crippen MR) is 80.5 cm³/mol. The normalized spacial score (nSPS) is 30.1. The summed E-state index contributed by atoms with van der Waals surface area (Å²) >= 11 is 0. The molecule has 1 aromatic carbocycles. The molecule has 3 atom stereocenters. The lowest BCUT2D eigenvalue weighted by atomic mass is 9.94. The number of benzene rings is 1. The second-order valence-corrected chi connectivity index (χ2v) is 6.25. The minimum absolute atomic E-state index is 0.0568. The molecule has 0 spiro atoms. The molecule has 2 aliphatic rings. The van der Waals surface area contributed by atoms with Gasteiger partial charge < -0.3 is 10.2 Å². The molecular formula is C17H24N2O. The minimum Gasteiger partial charge on any atom is -0.344 e. The van der Waals surface area contributed by atoms with Crippen molar-refractivity contribution in [2.75, 3.05) is 13.6 Å². The summed E-state index contributed by atoms with van der Waals surface area (Å²) in [6.45, 7) is 0.895. The van der Waals surface area contributed by atoms with Gasteiger partial charge in [0.25, 0.3) is 0 Å². The Hall–Kier alpha value is -1.35. The molecule has 3 rings (SSSR count). The summed E-state index contributed by atoms with van der Waals surface area (Å²) in [6.07, 6.45) is 5.87. The Kier molecular flexibility index (Phi) is 4.06. The zero-order valence-electron chi connectivity index (χ0n) is 12.2. The lowest BCUT2D eigenvalue weighted by molar-refractivity contribution is -0.128. The molecule has 1 aliphatic carbocycles. The second-order valence-electron chi connectivity index (χ2n) is 6.25. The van der Waals surface area contributed by atoms with E-state index in [4.69, 9.17) is 0 Å². The van der Waals surface area contributed by atoms with E-state index in [9.17, 15) is 4.79 Å². The summed E-state index contributed by atoms with van der Waals surface area (Å²) in [6, 6.07) is 11.3. The largest absolute Gasteiger partial charge is 0.344 e. The van der Waals surface area contributed by atoms with E-state index in [0.717, 1.165) is 19.4 Å². The van der Waals surface area contributed by atoms with Crippen molar-refractivity contribution in [3.63, 3.8) is 0 Å². The van der Waals surface area contributed by atoms with Crippen LogP contribution >= 0.6 is 0 Å². The molecule has 1 saturated heterocycles. The van der Waals surface area contributed by atoms with E-state index in [1.165, 1.54) is 24.8 Å². The van der Waals surface area contributed by atoms with E-state index < -0.39 is 0 Å². The first-order valence-corrected chi connectivity index (χ1v) is 7.79. The van der Waals surface area contributed by atoms with Crippen LogP contribution in [0.15, 0.2) is 30.3 Å². The van der Waals surface area contributed by atoms with Crippen molar-refractivity contribution in [1.29, 1.82) is 0 Å². The molecule has 1 heterocycles. The van der Waals surface area contributed by atoms with Crippen molar-refractivity contribution in [2.24, 2.45) is 5.92 Å². The SMILES string of the molecule is CN1CC[C@H](N[C@H]2CCC[C@@H]2Cc2ccccc2)C1=O. The number of likely N-dealkylation sites (tertiary alicyclic amines) is 1. The first kappa shape index (κ1) is 13.6. The fraction of sp³-hybridized carbons (Fsp3) is 0.588. The van der Waals surface area contributed by atoms with Gasteiger partial charge in [0.05, 0.1) is 6.04 Å². The molecule has 0 radical (unpaired) electrons. The summed E-state index contributed by atoms with van der Waals surface area (Å²) in [7, 11) is 1.90. The van der Waals surface area contributed by atoms with Crippen LogP contribution in [0.5, 0.6) is 0 Å². The Morgan fingerprint density at radius 3 is 2.70 bits per heavy atom. The lowest BCUT2D eigenvalue weighted by Crippen LogP contribution is -2.44. The number of nitrogens with zero attached hydrogens (tertiary/aromatic N) is 1. The van der Waals surface area contributed by atoms with Crippen molar-refractivity contribution in [1.82, 2.24) is 10.2 Å². The van der Waals surface area contributed by atoms with Gasteiger partial charge >= 0.3 is 0 Å². The van der Waals surface area contributed by atoms with Gasteiger partial charge in [-0.1, -0.05) is 36.8 Å². The summed E-state index contributed by atoms with van der Waals surface area (Å²) in [4.78, 5) is 13.9. The minimum atomic E-state index is 0.0568. The summed E-state index contributed by atoms with van der Waals surface area (Å²) in [5.74, 6) is 0.950.